The number of ether oxygens (including phenoxy) is 4. The second kappa shape index (κ2) is 10.4. The van der Waals surface area contributed by atoms with Crippen LogP contribution in [0.2, 0.25) is 0 Å². The predicted molar refractivity (Wildman–Crippen MR) is 132 cm³/mol. The Morgan fingerprint density at radius 1 is 0.743 bits per heavy atom. The summed E-state index contributed by atoms with van der Waals surface area (Å²) in [4.78, 5) is 0. The van der Waals surface area contributed by atoms with Crippen LogP contribution in [0.1, 0.15) is 107 Å². The molecule has 0 aliphatic carbocycles. The van der Waals surface area contributed by atoms with Gasteiger partial charge in [-0.2, -0.15) is 0 Å². The van der Waals surface area contributed by atoms with Crippen molar-refractivity contribution in [3.05, 3.63) is 0 Å². The summed E-state index contributed by atoms with van der Waals surface area (Å²) < 4.78 is 25.3. The van der Waals surface area contributed by atoms with Gasteiger partial charge in [-0.05, 0) is 107 Å². The molecule has 0 aromatic rings. The highest BCUT2D eigenvalue weighted by Gasteiger charge is 2.49. The minimum absolute atomic E-state index is 0.0398. The van der Waals surface area contributed by atoms with Gasteiger partial charge in [0, 0.05) is 28.8 Å². The number of hydroxylamine groups is 4. The van der Waals surface area contributed by atoms with E-state index in [0.717, 1.165) is 19.3 Å². The predicted octanol–water partition coefficient (Wildman–Crippen LogP) is 5.06. The Bertz CT molecular complexity index is 622. The molecule has 3 aliphatic heterocycles. The van der Waals surface area contributed by atoms with Gasteiger partial charge in [0.05, 0.1) is 25.4 Å². The molecule has 8 heteroatoms. The molecule has 0 N–H and O–H groups in total. The molecule has 3 aliphatic rings. The molecule has 3 fully saturated rings. The molecule has 3 saturated heterocycles. The highest BCUT2D eigenvalue weighted by molar-refractivity contribution is 4.98. The second-order valence-electron chi connectivity index (χ2n) is 13.9. The third-order valence-electron chi connectivity index (χ3n) is 7.91. The van der Waals surface area contributed by atoms with Crippen LogP contribution in [-0.4, -0.2) is 76.2 Å². The molecule has 35 heavy (non-hydrogen) atoms. The van der Waals surface area contributed by atoms with Crippen LogP contribution in [-0.2, 0) is 29.4 Å². The van der Waals surface area contributed by atoms with Crippen LogP contribution in [0.5, 0.6) is 0 Å². The molecule has 2 radical (unpaired) electrons. The molecular formula is C27H50N2O6. The summed E-state index contributed by atoms with van der Waals surface area (Å²) in [6.07, 6.45) is 5.32. The van der Waals surface area contributed by atoms with Gasteiger partial charge >= 0.3 is 0 Å². The Kier molecular flexibility index (Phi) is 8.73. The second-order valence-corrected chi connectivity index (χ2v) is 13.9. The molecule has 0 spiro atoms. The molecule has 0 aromatic heterocycles. The van der Waals surface area contributed by atoms with Gasteiger partial charge in [0.1, 0.15) is 5.60 Å². The summed E-state index contributed by atoms with van der Waals surface area (Å²) in [7, 11) is 0. The summed E-state index contributed by atoms with van der Waals surface area (Å²) in [6, 6.07) is 0. The smallest absolute Gasteiger partial charge is 0.158 e. The highest BCUT2D eigenvalue weighted by atomic mass is 16.7. The lowest BCUT2D eigenvalue weighted by molar-refractivity contribution is -0.311. The van der Waals surface area contributed by atoms with E-state index in [-0.39, 0.29) is 18.5 Å². The summed E-state index contributed by atoms with van der Waals surface area (Å²) in [5.41, 5.74) is -2.66. The molecule has 204 valence electrons. The molecule has 0 aromatic carbocycles. The maximum Gasteiger partial charge on any atom is 0.158 e. The molecule has 1 unspecified atom stereocenters. The molecule has 0 saturated carbocycles. The van der Waals surface area contributed by atoms with Gasteiger partial charge in [-0.1, -0.05) is 0 Å². The van der Waals surface area contributed by atoms with Crippen molar-refractivity contribution in [3.8, 4) is 0 Å². The molecule has 8 nitrogen and oxygen atoms in total. The fourth-order valence-electron chi connectivity index (χ4n) is 6.40. The van der Waals surface area contributed by atoms with Crippen LogP contribution >= 0.6 is 0 Å². The van der Waals surface area contributed by atoms with Gasteiger partial charge in [0.2, 0.25) is 0 Å². The first kappa shape index (κ1) is 29.2. The van der Waals surface area contributed by atoms with Gasteiger partial charge in [-0.3, -0.25) is 0 Å². The van der Waals surface area contributed by atoms with E-state index < -0.39 is 27.8 Å². The Morgan fingerprint density at radius 3 is 1.49 bits per heavy atom. The lowest BCUT2D eigenvalue weighted by Crippen LogP contribution is -2.61. The van der Waals surface area contributed by atoms with Gasteiger partial charge in [0.25, 0.3) is 0 Å². The first-order valence-corrected chi connectivity index (χ1v) is 13.4. The summed E-state index contributed by atoms with van der Waals surface area (Å²) in [6.45, 7) is 19.3. The van der Waals surface area contributed by atoms with Crippen molar-refractivity contribution < 1.29 is 29.4 Å². The van der Waals surface area contributed by atoms with Crippen molar-refractivity contribution in [1.82, 2.24) is 10.1 Å². The molecule has 3 rings (SSSR count). The van der Waals surface area contributed by atoms with Gasteiger partial charge in [-0.25, -0.2) is 0 Å². The number of nitrogens with zero attached hydrogens (tertiary/aromatic N) is 2. The normalized spacial score (nSPS) is 30.4. The quantitative estimate of drug-likeness (QED) is 0.465. The van der Waals surface area contributed by atoms with Crippen molar-refractivity contribution >= 4 is 0 Å². The van der Waals surface area contributed by atoms with Crippen LogP contribution in [0.25, 0.3) is 0 Å². The Balaban J connectivity index is 1.68. The SMILES string of the molecule is CC(COC1CC(C)(C)N([O])C(C)(C)C1)(COC1CC(C)(C)N([O])C(C)(C)C1)OC1CCCCO1. The fourth-order valence-corrected chi connectivity index (χ4v) is 6.40. The van der Waals surface area contributed by atoms with Crippen LogP contribution in [0.3, 0.4) is 0 Å². The minimum Gasteiger partial charge on any atom is -0.375 e. The largest absolute Gasteiger partial charge is 0.375 e. The first-order valence-electron chi connectivity index (χ1n) is 13.4. The average molecular weight is 499 g/mol. The van der Waals surface area contributed by atoms with Crippen molar-refractivity contribution in [3.63, 3.8) is 0 Å². The van der Waals surface area contributed by atoms with E-state index in [1.54, 1.807) is 0 Å². The Morgan fingerprint density at radius 2 is 1.14 bits per heavy atom. The van der Waals surface area contributed by atoms with Crippen molar-refractivity contribution in [2.75, 3.05) is 19.8 Å². The van der Waals surface area contributed by atoms with Crippen LogP contribution < -0.4 is 0 Å². The van der Waals surface area contributed by atoms with Crippen molar-refractivity contribution in [2.24, 2.45) is 0 Å². The summed E-state index contributed by atoms with van der Waals surface area (Å²) >= 11 is 0. The standard InChI is InChI=1S/C27H50N2O6/c1-23(2)14-20(15-24(3,4)28(23)30)33-18-27(9,35-22-12-10-11-13-32-22)19-34-21-16-25(5,6)29(31)26(7,8)17-21/h20-22H,10-19H2,1-9H3. The summed E-state index contributed by atoms with van der Waals surface area (Å²) in [5.74, 6) is 0. The monoisotopic (exact) mass is 498 g/mol. The van der Waals surface area contributed by atoms with E-state index >= 15 is 0 Å². The molecule has 1 atom stereocenters. The van der Waals surface area contributed by atoms with Crippen molar-refractivity contribution in [2.45, 2.75) is 154 Å². The van der Waals surface area contributed by atoms with Crippen molar-refractivity contribution in [1.29, 1.82) is 0 Å². The lowest BCUT2D eigenvalue weighted by Gasteiger charge is -2.50. The Labute approximate surface area is 213 Å². The van der Waals surface area contributed by atoms with E-state index in [1.165, 1.54) is 10.1 Å². The average Bonchev–Trinajstić information content (AvgIpc) is 2.73. The number of rotatable bonds is 8. The van der Waals surface area contributed by atoms with E-state index in [1.807, 2.05) is 62.3 Å². The van der Waals surface area contributed by atoms with Gasteiger partial charge in [-0.15, -0.1) is 20.5 Å². The van der Waals surface area contributed by atoms with E-state index in [2.05, 4.69) is 0 Å². The lowest BCUT2D eigenvalue weighted by atomic mass is 9.80. The summed E-state index contributed by atoms with van der Waals surface area (Å²) in [5, 5.41) is 28.0. The Hall–Kier alpha value is -0.320. The third-order valence-corrected chi connectivity index (χ3v) is 7.91. The van der Waals surface area contributed by atoms with Crippen LogP contribution in [0.15, 0.2) is 0 Å². The first-order chi connectivity index (χ1) is 16.0. The zero-order chi connectivity index (χ0) is 26.3. The zero-order valence-corrected chi connectivity index (χ0v) is 23.6. The molecule has 0 bridgehead atoms. The zero-order valence-electron chi connectivity index (χ0n) is 23.6. The number of piperidine rings is 2. The maximum atomic E-state index is 12.8. The van der Waals surface area contributed by atoms with E-state index in [4.69, 9.17) is 18.9 Å². The molecular weight excluding hydrogens is 448 g/mol. The van der Waals surface area contributed by atoms with Gasteiger partial charge < -0.3 is 18.9 Å². The van der Waals surface area contributed by atoms with E-state index in [0.29, 0.717) is 45.5 Å². The fraction of sp³-hybridized carbons (Fsp3) is 1.00. The number of hydrogen-bond acceptors (Lipinski definition) is 6. The molecule has 0 amide bonds. The van der Waals surface area contributed by atoms with E-state index in [9.17, 15) is 10.4 Å². The third kappa shape index (κ3) is 7.17. The molecule has 3 heterocycles. The highest BCUT2D eigenvalue weighted by Crippen LogP contribution is 2.40. The minimum atomic E-state index is -0.701. The number of hydrogen-bond donors (Lipinski definition) is 0. The van der Waals surface area contributed by atoms with Crippen LogP contribution in [0.4, 0.5) is 0 Å². The van der Waals surface area contributed by atoms with Crippen LogP contribution in [0, 0.1) is 0 Å². The maximum absolute atomic E-state index is 12.8. The topological polar surface area (TPSA) is 83.2 Å². The van der Waals surface area contributed by atoms with Gasteiger partial charge in [0.15, 0.2) is 6.29 Å².